The predicted octanol–water partition coefficient (Wildman–Crippen LogP) is 8.18. The van der Waals surface area contributed by atoms with Crippen LogP contribution in [0.25, 0.3) is 22.2 Å². The van der Waals surface area contributed by atoms with E-state index in [1.807, 2.05) is 18.2 Å². The first-order valence-electron chi connectivity index (χ1n) is 14.0. The van der Waals surface area contributed by atoms with Crippen LogP contribution >= 0.6 is 0 Å². The molecule has 1 aliphatic carbocycles. The molecule has 0 aliphatic heterocycles. The van der Waals surface area contributed by atoms with Gasteiger partial charge in [0.1, 0.15) is 18.1 Å². The van der Waals surface area contributed by atoms with Crippen LogP contribution in [0.2, 0.25) is 0 Å². The third-order valence-electron chi connectivity index (χ3n) is 7.75. The van der Waals surface area contributed by atoms with Crippen molar-refractivity contribution in [3.8, 4) is 22.8 Å². The summed E-state index contributed by atoms with van der Waals surface area (Å²) in [6.45, 7) is 9.05. The zero-order valence-electron chi connectivity index (χ0n) is 22.3. The lowest BCUT2D eigenvalue weighted by atomic mass is 9.92. The van der Waals surface area contributed by atoms with Gasteiger partial charge in [0, 0.05) is 23.1 Å². The number of hydrogen-bond donors (Lipinski definition) is 1. The number of nitrogens with zero attached hydrogens (tertiary/aromatic N) is 1. The van der Waals surface area contributed by atoms with Crippen LogP contribution < -0.4 is 9.47 Å². The van der Waals surface area contributed by atoms with Gasteiger partial charge in [-0.15, -0.1) is 0 Å². The molecule has 5 rings (SSSR count). The van der Waals surface area contributed by atoms with Crippen molar-refractivity contribution in [3.05, 3.63) is 83.9 Å². The first kappa shape index (κ1) is 25.4. The third-order valence-corrected chi connectivity index (χ3v) is 7.75. The lowest BCUT2D eigenvalue weighted by Crippen LogP contribution is -2.25. The zero-order valence-corrected chi connectivity index (χ0v) is 22.3. The molecule has 1 aliphatic rings. The normalized spacial score (nSPS) is 14.0. The number of hydrogen-bond acceptors (Lipinski definition) is 3. The molecule has 1 heterocycles. The van der Waals surface area contributed by atoms with Crippen molar-refractivity contribution >= 4 is 10.9 Å². The fourth-order valence-electron chi connectivity index (χ4n) is 5.62. The second-order valence-electron chi connectivity index (χ2n) is 10.1. The number of nitrogens with one attached hydrogen (secondary N) is 1. The first-order chi connectivity index (χ1) is 18.2. The molecule has 3 aromatic carbocycles. The molecule has 37 heavy (non-hydrogen) atoms. The summed E-state index contributed by atoms with van der Waals surface area (Å²) in [5.74, 6) is 2.46. The maximum Gasteiger partial charge on any atom is 0.120 e. The number of rotatable bonds is 12. The SMILES string of the molecule is CCN(CC)CCCOc1ccc2[nH]c(-c3ccc(OCc4ccccc4)cc3)c(C3CCCC3)c2c1. The Hall–Kier alpha value is -3.24. The van der Waals surface area contributed by atoms with E-state index in [0.717, 1.165) is 44.2 Å². The van der Waals surface area contributed by atoms with E-state index < -0.39 is 0 Å². The Morgan fingerprint density at radius 1 is 0.838 bits per heavy atom. The molecule has 1 N–H and O–H groups in total. The smallest absolute Gasteiger partial charge is 0.120 e. The molecule has 0 bridgehead atoms. The largest absolute Gasteiger partial charge is 0.494 e. The zero-order chi connectivity index (χ0) is 25.5. The predicted molar refractivity (Wildman–Crippen MR) is 154 cm³/mol. The topological polar surface area (TPSA) is 37.5 Å². The summed E-state index contributed by atoms with van der Waals surface area (Å²) in [6, 6.07) is 25.4. The van der Waals surface area contributed by atoms with Gasteiger partial charge in [-0.2, -0.15) is 0 Å². The Kier molecular flexibility index (Phi) is 8.47. The van der Waals surface area contributed by atoms with Crippen molar-refractivity contribution < 1.29 is 9.47 Å². The maximum absolute atomic E-state index is 6.21. The summed E-state index contributed by atoms with van der Waals surface area (Å²) in [5, 5.41) is 1.31. The van der Waals surface area contributed by atoms with Crippen molar-refractivity contribution in [2.24, 2.45) is 0 Å². The monoisotopic (exact) mass is 496 g/mol. The number of fused-ring (bicyclic) bond motifs is 1. The van der Waals surface area contributed by atoms with E-state index in [9.17, 15) is 0 Å². The number of ether oxygens (including phenoxy) is 2. The van der Waals surface area contributed by atoms with Crippen molar-refractivity contribution in [2.75, 3.05) is 26.2 Å². The van der Waals surface area contributed by atoms with Crippen molar-refractivity contribution in [1.82, 2.24) is 9.88 Å². The molecule has 4 heteroatoms. The molecule has 0 saturated heterocycles. The molecule has 0 atom stereocenters. The Morgan fingerprint density at radius 3 is 2.30 bits per heavy atom. The highest BCUT2D eigenvalue weighted by atomic mass is 16.5. The van der Waals surface area contributed by atoms with Gasteiger partial charge in [-0.3, -0.25) is 0 Å². The van der Waals surface area contributed by atoms with Gasteiger partial charge in [0.25, 0.3) is 0 Å². The number of aromatic nitrogens is 1. The molecule has 194 valence electrons. The Bertz CT molecular complexity index is 1250. The minimum absolute atomic E-state index is 0.581. The van der Waals surface area contributed by atoms with Crippen LogP contribution in [0, 0.1) is 0 Å². The Morgan fingerprint density at radius 2 is 1.57 bits per heavy atom. The number of aromatic amines is 1. The van der Waals surface area contributed by atoms with Crippen LogP contribution in [0.1, 0.15) is 63.0 Å². The van der Waals surface area contributed by atoms with Crippen LogP contribution in [0.4, 0.5) is 0 Å². The summed E-state index contributed by atoms with van der Waals surface area (Å²) in [4.78, 5) is 6.20. The van der Waals surface area contributed by atoms with Crippen LogP contribution in [0.15, 0.2) is 72.8 Å². The van der Waals surface area contributed by atoms with Gasteiger partial charge in [-0.1, -0.05) is 57.0 Å². The number of benzene rings is 3. The summed E-state index contributed by atoms with van der Waals surface area (Å²) in [7, 11) is 0. The van der Waals surface area contributed by atoms with Gasteiger partial charge in [-0.05, 0) is 97.4 Å². The summed E-state index contributed by atoms with van der Waals surface area (Å²) in [6.07, 6.45) is 6.18. The van der Waals surface area contributed by atoms with Crippen LogP contribution in [0.3, 0.4) is 0 Å². The van der Waals surface area contributed by atoms with Crippen LogP contribution in [-0.4, -0.2) is 36.1 Å². The molecule has 0 radical (unpaired) electrons. The molecule has 1 fully saturated rings. The maximum atomic E-state index is 6.21. The first-order valence-corrected chi connectivity index (χ1v) is 14.0. The highest BCUT2D eigenvalue weighted by molar-refractivity contribution is 5.92. The average molecular weight is 497 g/mol. The van der Waals surface area contributed by atoms with E-state index in [1.165, 1.54) is 59.0 Å². The second kappa shape index (κ2) is 12.3. The van der Waals surface area contributed by atoms with E-state index in [-0.39, 0.29) is 0 Å². The van der Waals surface area contributed by atoms with Crippen molar-refractivity contribution in [3.63, 3.8) is 0 Å². The van der Waals surface area contributed by atoms with Gasteiger partial charge in [-0.25, -0.2) is 0 Å². The fraction of sp³-hybridized carbons (Fsp3) is 0.394. The van der Waals surface area contributed by atoms with Gasteiger partial charge in [0.2, 0.25) is 0 Å². The highest BCUT2D eigenvalue weighted by Gasteiger charge is 2.25. The minimum Gasteiger partial charge on any atom is -0.494 e. The average Bonchev–Trinajstić information content (AvgIpc) is 3.61. The summed E-state index contributed by atoms with van der Waals surface area (Å²) >= 11 is 0. The van der Waals surface area contributed by atoms with Gasteiger partial charge < -0.3 is 19.4 Å². The molecular formula is C33H40N2O2. The second-order valence-corrected chi connectivity index (χ2v) is 10.1. The molecule has 1 saturated carbocycles. The summed E-state index contributed by atoms with van der Waals surface area (Å²) < 4.78 is 12.2. The minimum atomic E-state index is 0.581. The van der Waals surface area contributed by atoms with Gasteiger partial charge in [0.05, 0.1) is 6.61 Å². The third kappa shape index (κ3) is 6.19. The molecule has 4 aromatic rings. The lowest BCUT2D eigenvalue weighted by Gasteiger charge is -2.17. The Labute approximate surface area is 221 Å². The highest BCUT2D eigenvalue weighted by Crippen LogP contribution is 2.44. The van der Waals surface area contributed by atoms with Gasteiger partial charge >= 0.3 is 0 Å². The van der Waals surface area contributed by atoms with E-state index in [0.29, 0.717) is 12.5 Å². The molecule has 4 nitrogen and oxygen atoms in total. The summed E-state index contributed by atoms with van der Waals surface area (Å²) in [5.41, 5.74) is 6.29. The van der Waals surface area contributed by atoms with Crippen LogP contribution in [-0.2, 0) is 6.61 Å². The lowest BCUT2D eigenvalue weighted by molar-refractivity contribution is 0.249. The van der Waals surface area contributed by atoms with Gasteiger partial charge in [0.15, 0.2) is 0 Å². The molecule has 0 unspecified atom stereocenters. The number of H-pyrrole nitrogens is 1. The standard InChI is InChI=1S/C33H40N2O2/c1-3-35(4-2)21-10-22-36-29-19-20-31-30(23-29)32(26-13-8-9-14-26)33(34-31)27-15-17-28(18-16-27)37-24-25-11-6-5-7-12-25/h5-7,11-12,15-20,23,26,34H,3-4,8-10,13-14,21-22,24H2,1-2H3. The van der Waals surface area contributed by atoms with Crippen molar-refractivity contribution in [1.29, 1.82) is 0 Å². The van der Waals surface area contributed by atoms with E-state index in [1.54, 1.807) is 0 Å². The fourth-order valence-corrected chi connectivity index (χ4v) is 5.62. The van der Waals surface area contributed by atoms with Crippen LogP contribution in [0.5, 0.6) is 11.5 Å². The molecule has 1 aromatic heterocycles. The van der Waals surface area contributed by atoms with Crippen molar-refractivity contribution in [2.45, 2.75) is 58.5 Å². The van der Waals surface area contributed by atoms with E-state index >= 15 is 0 Å². The molecule has 0 amide bonds. The molecule has 0 spiro atoms. The Balaban J connectivity index is 1.35. The quantitative estimate of drug-likeness (QED) is 0.201. The van der Waals surface area contributed by atoms with E-state index in [4.69, 9.17) is 9.47 Å². The molecular weight excluding hydrogens is 456 g/mol. The van der Waals surface area contributed by atoms with E-state index in [2.05, 4.69) is 78.3 Å².